The van der Waals surface area contributed by atoms with E-state index >= 15 is 0 Å². The topological polar surface area (TPSA) is 104 Å². The van der Waals surface area contributed by atoms with Crippen molar-refractivity contribution < 1.29 is 18.0 Å². The molecule has 0 aliphatic carbocycles. The SMILES string of the molecule is CNS(=O)(=O)c1ccc(C(=O)Nc2cccc(C(=O)Nc3ccccc3)c2C)cc1. The lowest BCUT2D eigenvalue weighted by Gasteiger charge is -2.13. The van der Waals surface area contributed by atoms with Crippen LogP contribution in [0.25, 0.3) is 0 Å². The average Bonchev–Trinajstić information content (AvgIpc) is 2.76. The monoisotopic (exact) mass is 423 g/mol. The van der Waals surface area contributed by atoms with Crippen molar-refractivity contribution in [2.45, 2.75) is 11.8 Å². The largest absolute Gasteiger partial charge is 0.322 e. The van der Waals surface area contributed by atoms with Crippen molar-refractivity contribution in [3.63, 3.8) is 0 Å². The summed E-state index contributed by atoms with van der Waals surface area (Å²) >= 11 is 0. The summed E-state index contributed by atoms with van der Waals surface area (Å²) in [6, 6.07) is 19.7. The molecule has 0 saturated carbocycles. The van der Waals surface area contributed by atoms with Crippen LogP contribution in [0, 0.1) is 6.92 Å². The maximum absolute atomic E-state index is 12.6. The van der Waals surface area contributed by atoms with E-state index in [9.17, 15) is 18.0 Å². The Labute approximate surface area is 175 Å². The first-order chi connectivity index (χ1) is 14.3. The van der Waals surface area contributed by atoms with E-state index in [1.165, 1.54) is 31.3 Å². The van der Waals surface area contributed by atoms with E-state index in [1.54, 1.807) is 37.3 Å². The van der Waals surface area contributed by atoms with Crippen LogP contribution in [0.5, 0.6) is 0 Å². The Morgan fingerprint density at radius 1 is 0.767 bits per heavy atom. The average molecular weight is 423 g/mol. The normalized spacial score (nSPS) is 11.0. The Morgan fingerprint density at radius 2 is 1.43 bits per heavy atom. The van der Waals surface area contributed by atoms with Crippen LogP contribution in [0.1, 0.15) is 26.3 Å². The minimum atomic E-state index is -3.57. The molecule has 0 aromatic heterocycles. The van der Waals surface area contributed by atoms with Crippen molar-refractivity contribution in [2.24, 2.45) is 0 Å². The quantitative estimate of drug-likeness (QED) is 0.565. The van der Waals surface area contributed by atoms with Crippen LogP contribution in [0.3, 0.4) is 0 Å². The van der Waals surface area contributed by atoms with Gasteiger partial charge in [0.25, 0.3) is 11.8 Å². The second-order valence-electron chi connectivity index (χ2n) is 6.48. The highest BCUT2D eigenvalue weighted by atomic mass is 32.2. The third-order valence-electron chi connectivity index (χ3n) is 4.55. The third-order valence-corrected chi connectivity index (χ3v) is 5.98. The van der Waals surface area contributed by atoms with E-state index in [1.807, 2.05) is 18.2 Å². The number of benzene rings is 3. The zero-order valence-corrected chi connectivity index (χ0v) is 17.3. The molecule has 0 bridgehead atoms. The molecule has 0 atom stereocenters. The lowest BCUT2D eigenvalue weighted by Crippen LogP contribution is -2.19. The van der Waals surface area contributed by atoms with Gasteiger partial charge in [-0.05, 0) is 68.1 Å². The van der Waals surface area contributed by atoms with E-state index in [4.69, 9.17) is 0 Å². The molecule has 3 aromatic rings. The lowest BCUT2D eigenvalue weighted by molar-refractivity contribution is 0.101. The highest BCUT2D eigenvalue weighted by Crippen LogP contribution is 2.21. The molecule has 3 N–H and O–H groups in total. The van der Waals surface area contributed by atoms with Gasteiger partial charge in [-0.15, -0.1) is 0 Å². The van der Waals surface area contributed by atoms with Crippen molar-refractivity contribution in [1.29, 1.82) is 0 Å². The van der Waals surface area contributed by atoms with Crippen LogP contribution in [-0.4, -0.2) is 27.3 Å². The van der Waals surface area contributed by atoms with Gasteiger partial charge in [-0.3, -0.25) is 9.59 Å². The van der Waals surface area contributed by atoms with Gasteiger partial charge < -0.3 is 10.6 Å². The standard InChI is InChI=1S/C22H21N3O4S/c1-15-19(22(27)24-17-7-4-3-5-8-17)9-6-10-20(15)25-21(26)16-11-13-18(14-12-16)30(28,29)23-2/h3-14,23H,1-2H3,(H,24,27)(H,25,26). The molecule has 0 aliphatic rings. The minimum absolute atomic E-state index is 0.0670. The van der Waals surface area contributed by atoms with Crippen molar-refractivity contribution in [2.75, 3.05) is 17.7 Å². The Hall–Kier alpha value is -3.49. The zero-order chi connectivity index (χ0) is 21.7. The van der Waals surface area contributed by atoms with Gasteiger partial charge in [0.2, 0.25) is 10.0 Å². The van der Waals surface area contributed by atoms with Gasteiger partial charge in [-0.1, -0.05) is 24.3 Å². The van der Waals surface area contributed by atoms with Crippen molar-refractivity contribution >= 4 is 33.2 Å². The summed E-state index contributed by atoms with van der Waals surface area (Å²) in [4.78, 5) is 25.3. The maximum atomic E-state index is 12.6. The van der Waals surface area contributed by atoms with E-state index in [-0.39, 0.29) is 10.8 Å². The van der Waals surface area contributed by atoms with Crippen LogP contribution in [0.2, 0.25) is 0 Å². The van der Waals surface area contributed by atoms with E-state index in [0.717, 1.165) is 0 Å². The Morgan fingerprint density at radius 3 is 2.07 bits per heavy atom. The molecule has 154 valence electrons. The van der Waals surface area contributed by atoms with Crippen molar-refractivity contribution in [3.05, 3.63) is 89.5 Å². The number of sulfonamides is 1. The zero-order valence-electron chi connectivity index (χ0n) is 16.5. The highest BCUT2D eigenvalue weighted by molar-refractivity contribution is 7.89. The molecule has 3 aromatic carbocycles. The number of nitrogens with one attached hydrogen (secondary N) is 3. The van der Waals surface area contributed by atoms with Gasteiger partial charge in [-0.25, -0.2) is 13.1 Å². The van der Waals surface area contributed by atoms with E-state index < -0.39 is 15.9 Å². The Balaban J connectivity index is 1.78. The molecule has 3 rings (SSSR count). The molecule has 0 radical (unpaired) electrons. The fourth-order valence-electron chi connectivity index (χ4n) is 2.83. The molecule has 0 spiro atoms. The Kier molecular flexibility index (Phi) is 6.29. The summed E-state index contributed by atoms with van der Waals surface area (Å²) in [7, 11) is -2.25. The van der Waals surface area contributed by atoms with Crippen molar-refractivity contribution in [1.82, 2.24) is 4.72 Å². The molecule has 0 heterocycles. The minimum Gasteiger partial charge on any atom is -0.322 e. The molecular weight excluding hydrogens is 402 g/mol. The van der Waals surface area contributed by atoms with Crippen molar-refractivity contribution in [3.8, 4) is 0 Å². The van der Waals surface area contributed by atoms with E-state index in [0.29, 0.717) is 28.1 Å². The summed E-state index contributed by atoms with van der Waals surface area (Å²) in [5.74, 6) is -0.691. The fraction of sp³-hybridized carbons (Fsp3) is 0.0909. The van der Waals surface area contributed by atoms with Gasteiger partial charge in [0.15, 0.2) is 0 Å². The molecule has 0 aliphatic heterocycles. The summed E-state index contributed by atoms with van der Waals surface area (Å²) in [6.07, 6.45) is 0. The lowest BCUT2D eigenvalue weighted by atomic mass is 10.1. The van der Waals surface area contributed by atoms with Crippen LogP contribution < -0.4 is 15.4 Å². The van der Waals surface area contributed by atoms with Crippen LogP contribution >= 0.6 is 0 Å². The predicted molar refractivity (Wildman–Crippen MR) is 116 cm³/mol. The van der Waals surface area contributed by atoms with Crippen LogP contribution in [0.15, 0.2) is 77.7 Å². The number of amides is 2. The molecule has 8 heteroatoms. The first-order valence-corrected chi connectivity index (χ1v) is 10.6. The number of carbonyl (C=O) groups excluding carboxylic acids is 2. The second-order valence-corrected chi connectivity index (χ2v) is 8.37. The summed E-state index contributed by atoms with van der Waals surface area (Å²) < 4.78 is 25.8. The summed E-state index contributed by atoms with van der Waals surface area (Å²) in [5.41, 5.74) is 2.52. The molecule has 2 amide bonds. The van der Waals surface area contributed by atoms with Crippen LogP contribution in [0.4, 0.5) is 11.4 Å². The van der Waals surface area contributed by atoms with Crippen LogP contribution in [-0.2, 0) is 10.0 Å². The number of hydrogen-bond donors (Lipinski definition) is 3. The summed E-state index contributed by atoms with van der Waals surface area (Å²) in [5, 5.41) is 5.60. The smallest absolute Gasteiger partial charge is 0.256 e. The van der Waals surface area contributed by atoms with Gasteiger partial charge in [-0.2, -0.15) is 0 Å². The highest BCUT2D eigenvalue weighted by Gasteiger charge is 2.16. The summed E-state index contributed by atoms with van der Waals surface area (Å²) in [6.45, 7) is 1.75. The maximum Gasteiger partial charge on any atom is 0.256 e. The number of para-hydroxylation sites is 1. The molecular formula is C22H21N3O4S. The predicted octanol–water partition coefficient (Wildman–Crippen LogP) is 3.41. The number of hydrogen-bond acceptors (Lipinski definition) is 4. The van der Waals surface area contributed by atoms with Gasteiger partial charge in [0.1, 0.15) is 0 Å². The third kappa shape index (κ3) is 4.73. The molecule has 0 saturated heterocycles. The number of carbonyl (C=O) groups is 2. The molecule has 7 nitrogen and oxygen atoms in total. The van der Waals surface area contributed by atoms with Gasteiger partial charge in [0, 0.05) is 22.5 Å². The first-order valence-electron chi connectivity index (χ1n) is 9.13. The van der Waals surface area contributed by atoms with E-state index in [2.05, 4.69) is 15.4 Å². The first kappa shape index (κ1) is 21.2. The molecule has 0 unspecified atom stereocenters. The fourth-order valence-corrected chi connectivity index (χ4v) is 3.56. The van der Waals surface area contributed by atoms with Gasteiger partial charge >= 0.3 is 0 Å². The molecule has 0 fully saturated rings. The molecule has 30 heavy (non-hydrogen) atoms. The Bertz CT molecular complexity index is 1170. The second kappa shape index (κ2) is 8.89. The van der Waals surface area contributed by atoms with Gasteiger partial charge in [0.05, 0.1) is 4.90 Å². The number of rotatable bonds is 6. The number of anilines is 2.